The van der Waals surface area contributed by atoms with E-state index in [1.165, 1.54) is 26.4 Å². The molecule has 1 saturated heterocycles. The summed E-state index contributed by atoms with van der Waals surface area (Å²) < 4.78 is 32.1. The van der Waals surface area contributed by atoms with Crippen LogP contribution in [-0.2, 0) is 4.74 Å². The number of phenols is 3. The van der Waals surface area contributed by atoms with Crippen molar-refractivity contribution >= 4 is 11.0 Å². The molecular weight excluding hydrogens is 512 g/mol. The van der Waals surface area contributed by atoms with Gasteiger partial charge in [-0.05, 0) is 12.1 Å². The first-order chi connectivity index (χ1) is 18.1. The predicted molar refractivity (Wildman–Crippen MR) is 127 cm³/mol. The Morgan fingerprint density at radius 2 is 1.47 bits per heavy atom. The lowest BCUT2D eigenvalue weighted by Gasteiger charge is -2.39. The number of hydrogen-bond donors (Lipinski definition) is 7. The summed E-state index contributed by atoms with van der Waals surface area (Å²) >= 11 is 0. The summed E-state index contributed by atoms with van der Waals surface area (Å²) in [5, 5.41) is 70.9. The van der Waals surface area contributed by atoms with Gasteiger partial charge in [0.2, 0.25) is 29.0 Å². The Labute approximate surface area is 214 Å². The highest BCUT2D eigenvalue weighted by Gasteiger charge is 2.45. The minimum absolute atomic E-state index is 0.0462. The van der Waals surface area contributed by atoms with Gasteiger partial charge in [0.05, 0.1) is 27.9 Å². The molecule has 0 spiro atoms. The second-order valence-electron chi connectivity index (χ2n) is 8.28. The molecule has 1 aromatic heterocycles. The van der Waals surface area contributed by atoms with Crippen LogP contribution in [0.2, 0.25) is 0 Å². The first-order valence-electron chi connectivity index (χ1n) is 11.1. The van der Waals surface area contributed by atoms with Crippen molar-refractivity contribution in [2.24, 2.45) is 0 Å². The molecule has 4 rings (SSSR count). The fourth-order valence-corrected chi connectivity index (χ4v) is 4.09. The number of phenolic OH excluding ortho intramolecular Hbond substituents is 3. The van der Waals surface area contributed by atoms with Gasteiger partial charge in [0.25, 0.3) is 0 Å². The van der Waals surface area contributed by atoms with Crippen LogP contribution in [0.4, 0.5) is 0 Å². The molecule has 14 nitrogen and oxygen atoms in total. The van der Waals surface area contributed by atoms with Crippen LogP contribution in [0.1, 0.15) is 0 Å². The lowest BCUT2D eigenvalue weighted by molar-refractivity contribution is -0.277. The average Bonchev–Trinajstić information content (AvgIpc) is 2.90. The Kier molecular flexibility index (Phi) is 7.44. The Morgan fingerprint density at radius 1 is 0.842 bits per heavy atom. The second kappa shape index (κ2) is 10.4. The van der Waals surface area contributed by atoms with Crippen LogP contribution in [0, 0.1) is 0 Å². The molecule has 0 radical (unpaired) electrons. The Balaban J connectivity index is 2.00. The molecule has 2 aromatic carbocycles. The molecule has 2 heterocycles. The van der Waals surface area contributed by atoms with Crippen molar-refractivity contribution in [3.8, 4) is 51.6 Å². The van der Waals surface area contributed by atoms with Crippen molar-refractivity contribution in [3.63, 3.8) is 0 Å². The van der Waals surface area contributed by atoms with Crippen LogP contribution in [0.3, 0.4) is 0 Å². The van der Waals surface area contributed by atoms with E-state index in [4.69, 9.17) is 28.1 Å². The normalized spacial score (nSPS) is 23.3. The van der Waals surface area contributed by atoms with E-state index in [1.807, 2.05) is 0 Å². The second-order valence-corrected chi connectivity index (χ2v) is 8.28. The van der Waals surface area contributed by atoms with Gasteiger partial charge in [-0.25, -0.2) is 0 Å². The SMILES string of the molecule is COc1cc(-c2oc3cc(O)c(OC)c(O)c3c(=O)c2O[C@H]2O[C@H](CO)[C@@H](O)C(O)C2O)cc(OC)c1O. The molecule has 0 saturated carbocycles. The first-order valence-corrected chi connectivity index (χ1v) is 11.1. The molecule has 38 heavy (non-hydrogen) atoms. The number of benzene rings is 2. The van der Waals surface area contributed by atoms with Crippen LogP contribution in [0.15, 0.2) is 27.4 Å². The quantitative estimate of drug-likeness (QED) is 0.207. The van der Waals surface area contributed by atoms with E-state index in [0.717, 1.165) is 13.2 Å². The van der Waals surface area contributed by atoms with E-state index in [-0.39, 0.29) is 34.2 Å². The Bertz CT molecular complexity index is 1370. The molecule has 0 amide bonds. The molecule has 5 atom stereocenters. The van der Waals surface area contributed by atoms with Gasteiger partial charge in [-0.1, -0.05) is 0 Å². The molecular formula is C24H26O14. The summed E-state index contributed by atoms with van der Waals surface area (Å²) in [6.45, 7) is -0.756. The van der Waals surface area contributed by atoms with Crippen molar-refractivity contribution in [2.45, 2.75) is 30.7 Å². The molecule has 1 fully saturated rings. The zero-order valence-corrected chi connectivity index (χ0v) is 20.3. The van der Waals surface area contributed by atoms with Crippen LogP contribution in [0.5, 0.6) is 40.2 Å². The maximum atomic E-state index is 13.7. The van der Waals surface area contributed by atoms with Crippen molar-refractivity contribution in [2.75, 3.05) is 27.9 Å². The third-order valence-electron chi connectivity index (χ3n) is 6.08. The lowest BCUT2D eigenvalue weighted by Crippen LogP contribution is -2.60. The fourth-order valence-electron chi connectivity index (χ4n) is 4.09. The summed E-state index contributed by atoms with van der Waals surface area (Å²) in [6, 6.07) is 3.56. The van der Waals surface area contributed by atoms with E-state index in [9.17, 15) is 40.5 Å². The van der Waals surface area contributed by atoms with Gasteiger partial charge in [0, 0.05) is 11.6 Å². The number of aromatic hydroxyl groups is 3. The zero-order chi connectivity index (χ0) is 27.9. The largest absolute Gasteiger partial charge is 0.504 e. The van der Waals surface area contributed by atoms with Gasteiger partial charge in [0.15, 0.2) is 28.8 Å². The maximum absolute atomic E-state index is 13.7. The molecule has 2 unspecified atom stereocenters. The number of aliphatic hydroxyl groups is 4. The fraction of sp³-hybridized carbons (Fsp3) is 0.375. The van der Waals surface area contributed by atoms with Crippen LogP contribution in [0.25, 0.3) is 22.3 Å². The Hall–Kier alpha value is -3.95. The Morgan fingerprint density at radius 3 is 2.03 bits per heavy atom. The molecule has 1 aliphatic rings. The highest BCUT2D eigenvalue weighted by Crippen LogP contribution is 2.46. The lowest BCUT2D eigenvalue weighted by atomic mass is 9.99. The molecule has 7 N–H and O–H groups in total. The summed E-state index contributed by atoms with van der Waals surface area (Å²) in [5.74, 6) is -3.28. The summed E-state index contributed by atoms with van der Waals surface area (Å²) in [7, 11) is 3.68. The molecule has 0 aliphatic carbocycles. The third kappa shape index (κ3) is 4.37. The van der Waals surface area contributed by atoms with E-state index in [2.05, 4.69) is 0 Å². The van der Waals surface area contributed by atoms with Crippen LogP contribution >= 0.6 is 0 Å². The highest BCUT2D eigenvalue weighted by atomic mass is 16.7. The summed E-state index contributed by atoms with van der Waals surface area (Å²) in [4.78, 5) is 13.7. The molecule has 0 bridgehead atoms. The standard InChI is InChI=1S/C24H26O14/c1-33-11-4-8(5-12(34-2)15(11)27)21-23(38-24-20(32)19(31)16(28)13(7-25)37-24)18(30)14-10(36-21)6-9(26)22(35-3)17(14)29/h4-6,13,16,19-20,24-29,31-32H,7H2,1-3H3/t13-,16-,19?,20?,24-/m1/s1. The smallest absolute Gasteiger partial charge is 0.239 e. The van der Waals surface area contributed by atoms with Gasteiger partial charge in [-0.3, -0.25) is 4.79 Å². The monoisotopic (exact) mass is 538 g/mol. The van der Waals surface area contributed by atoms with Crippen molar-refractivity contribution in [3.05, 3.63) is 28.4 Å². The zero-order valence-electron chi connectivity index (χ0n) is 20.3. The number of hydrogen-bond acceptors (Lipinski definition) is 14. The van der Waals surface area contributed by atoms with E-state index in [1.54, 1.807) is 0 Å². The summed E-state index contributed by atoms with van der Waals surface area (Å²) in [5.41, 5.74) is -1.27. The van der Waals surface area contributed by atoms with Crippen molar-refractivity contribution in [1.29, 1.82) is 0 Å². The third-order valence-corrected chi connectivity index (χ3v) is 6.08. The van der Waals surface area contributed by atoms with Crippen molar-refractivity contribution < 1.29 is 63.8 Å². The number of aliphatic hydroxyl groups excluding tert-OH is 4. The van der Waals surface area contributed by atoms with E-state index < -0.39 is 71.1 Å². The van der Waals surface area contributed by atoms with Gasteiger partial charge < -0.3 is 63.8 Å². The minimum atomic E-state index is -1.89. The molecule has 14 heteroatoms. The summed E-state index contributed by atoms with van der Waals surface area (Å²) in [6.07, 6.45) is -8.55. The first kappa shape index (κ1) is 27.1. The number of fused-ring (bicyclic) bond motifs is 1. The van der Waals surface area contributed by atoms with Crippen molar-refractivity contribution in [1.82, 2.24) is 0 Å². The molecule has 206 valence electrons. The maximum Gasteiger partial charge on any atom is 0.239 e. The topological polar surface area (TPSA) is 218 Å². The van der Waals surface area contributed by atoms with Gasteiger partial charge >= 0.3 is 0 Å². The predicted octanol–water partition coefficient (Wildman–Crippen LogP) is -0.219. The number of rotatable bonds is 7. The molecule has 3 aromatic rings. The number of methoxy groups -OCH3 is 3. The van der Waals surface area contributed by atoms with Crippen LogP contribution in [-0.4, -0.2) is 94.4 Å². The van der Waals surface area contributed by atoms with Crippen LogP contribution < -0.4 is 24.4 Å². The average molecular weight is 538 g/mol. The van der Waals surface area contributed by atoms with E-state index >= 15 is 0 Å². The van der Waals surface area contributed by atoms with Gasteiger partial charge in [0.1, 0.15) is 35.4 Å². The van der Waals surface area contributed by atoms with Gasteiger partial charge in [-0.15, -0.1) is 0 Å². The van der Waals surface area contributed by atoms with Gasteiger partial charge in [-0.2, -0.15) is 0 Å². The van der Waals surface area contributed by atoms with E-state index in [0.29, 0.717) is 0 Å². The number of ether oxygens (including phenoxy) is 5. The minimum Gasteiger partial charge on any atom is -0.504 e. The molecule has 1 aliphatic heterocycles. The highest BCUT2D eigenvalue weighted by molar-refractivity contribution is 5.91.